The average molecular weight is 427 g/mol. The van der Waals surface area contributed by atoms with Gasteiger partial charge in [0.2, 0.25) is 5.75 Å². The molecular formula is C23H25NO7. The van der Waals surface area contributed by atoms with Crippen LogP contribution in [-0.2, 0) is 4.74 Å². The number of allylic oxidation sites excluding steroid dienone is 1. The summed E-state index contributed by atoms with van der Waals surface area (Å²) in [6, 6.07) is 9.92. The molecule has 0 bridgehead atoms. The van der Waals surface area contributed by atoms with Gasteiger partial charge in [-0.1, -0.05) is 6.08 Å². The van der Waals surface area contributed by atoms with E-state index in [9.17, 15) is 9.59 Å². The molecule has 164 valence electrons. The molecule has 0 aliphatic carbocycles. The van der Waals surface area contributed by atoms with E-state index >= 15 is 0 Å². The molecule has 0 atom stereocenters. The second kappa shape index (κ2) is 10.5. The van der Waals surface area contributed by atoms with Crippen molar-refractivity contribution in [2.24, 2.45) is 0 Å². The number of carbonyl (C=O) groups is 2. The van der Waals surface area contributed by atoms with Crippen molar-refractivity contribution in [3.8, 4) is 23.0 Å². The van der Waals surface area contributed by atoms with E-state index < -0.39 is 6.09 Å². The van der Waals surface area contributed by atoms with Gasteiger partial charge in [-0.05, 0) is 48.0 Å². The molecule has 1 aliphatic heterocycles. The summed E-state index contributed by atoms with van der Waals surface area (Å²) in [5, 5.41) is 0. The van der Waals surface area contributed by atoms with Crippen molar-refractivity contribution in [3.63, 3.8) is 0 Å². The molecule has 8 heteroatoms. The van der Waals surface area contributed by atoms with Gasteiger partial charge in [0.05, 0.1) is 34.5 Å². The van der Waals surface area contributed by atoms with Crippen molar-refractivity contribution >= 4 is 18.0 Å². The van der Waals surface area contributed by atoms with Crippen LogP contribution >= 0.6 is 0 Å². The average Bonchev–Trinajstić information content (AvgIpc) is 2.82. The number of ketones is 1. The zero-order valence-corrected chi connectivity index (χ0v) is 17.8. The van der Waals surface area contributed by atoms with Gasteiger partial charge in [-0.15, -0.1) is 0 Å². The number of hydrogen-bond acceptors (Lipinski definition) is 7. The Morgan fingerprint density at radius 3 is 2.10 bits per heavy atom. The highest BCUT2D eigenvalue weighted by molar-refractivity contribution is 6.06. The first-order chi connectivity index (χ1) is 15.0. The number of methoxy groups -OCH3 is 3. The second-order valence-electron chi connectivity index (χ2n) is 6.65. The fourth-order valence-corrected chi connectivity index (χ4v) is 3.06. The van der Waals surface area contributed by atoms with Crippen molar-refractivity contribution < 1.29 is 33.3 Å². The van der Waals surface area contributed by atoms with Crippen molar-refractivity contribution in [2.45, 2.75) is 0 Å². The van der Waals surface area contributed by atoms with E-state index in [1.807, 2.05) is 0 Å². The monoisotopic (exact) mass is 427 g/mol. The smallest absolute Gasteiger partial charge is 0.415 e. The molecule has 1 heterocycles. The first-order valence-corrected chi connectivity index (χ1v) is 9.72. The Hall–Kier alpha value is -3.52. The lowest BCUT2D eigenvalue weighted by molar-refractivity contribution is 0.0416. The quantitative estimate of drug-likeness (QED) is 0.494. The van der Waals surface area contributed by atoms with Crippen LogP contribution in [0.2, 0.25) is 0 Å². The Balaban J connectivity index is 1.66. The SMILES string of the molecule is COc1cc(/C=C/C(=O)c2ccc(OC(=O)N3CCOCC3)cc2)cc(OC)c1OC. The van der Waals surface area contributed by atoms with Crippen LogP contribution in [0.25, 0.3) is 6.08 Å². The lowest BCUT2D eigenvalue weighted by atomic mass is 10.1. The molecule has 1 saturated heterocycles. The zero-order valence-electron chi connectivity index (χ0n) is 17.8. The highest BCUT2D eigenvalue weighted by Gasteiger charge is 2.19. The van der Waals surface area contributed by atoms with Crippen LogP contribution in [-0.4, -0.2) is 64.4 Å². The maximum Gasteiger partial charge on any atom is 0.415 e. The van der Waals surface area contributed by atoms with Gasteiger partial charge in [0.15, 0.2) is 17.3 Å². The fourth-order valence-electron chi connectivity index (χ4n) is 3.06. The van der Waals surface area contributed by atoms with E-state index in [2.05, 4.69) is 0 Å². The Bertz CT molecular complexity index is 922. The third-order valence-corrected chi connectivity index (χ3v) is 4.73. The maximum absolute atomic E-state index is 12.5. The first kappa shape index (κ1) is 22.2. The van der Waals surface area contributed by atoms with Crippen LogP contribution in [0.4, 0.5) is 4.79 Å². The van der Waals surface area contributed by atoms with Gasteiger partial charge in [0.1, 0.15) is 5.75 Å². The fraction of sp³-hybridized carbons (Fsp3) is 0.304. The molecule has 3 rings (SSSR count). The largest absolute Gasteiger partial charge is 0.493 e. The number of nitrogens with zero attached hydrogens (tertiary/aromatic N) is 1. The molecule has 0 spiro atoms. The molecule has 2 aromatic rings. The van der Waals surface area contributed by atoms with Crippen LogP contribution in [0, 0.1) is 0 Å². The van der Waals surface area contributed by atoms with Crippen LogP contribution in [0.1, 0.15) is 15.9 Å². The van der Waals surface area contributed by atoms with Crippen molar-refractivity contribution in [2.75, 3.05) is 47.6 Å². The predicted octanol–water partition coefficient (Wildman–Crippen LogP) is 3.44. The molecular weight excluding hydrogens is 402 g/mol. The molecule has 2 aromatic carbocycles. The lowest BCUT2D eigenvalue weighted by Gasteiger charge is -2.25. The van der Waals surface area contributed by atoms with Crippen LogP contribution in [0.15, 0.2) is 42.5 Å². The summed E-state index contributed by atoms with van der Waals surface area (Å²) in [6.45, 7) is 2.00. The van der Waals surface area contributed by atoms with Gasteiger partial charge in [0.25, 0.3) is 0 Å². The van der Waals surface area contributed by atoms with Gasteiger partial charge >= 0.3 is 6.09 Å². The summed E-state index contributed by atoms with van der Waals surface area (Å²) in [6.07, 6.45) is 2.69. The first-order valence-electron chi connectivity index (χ1n) is 9.72. The highest BCUT2D eigenvalue weighted by atomic mass is 16.6. The molecule has 1 aliphatic rings. The number of hydrogen-bond donors (Lipinski definition) is 0. The van der Waals surface area contributed by atoms with Crippen LogP contribution < -0.4 is 18.9 Å². The minimum absolute atomic E-state index is 0.195. The highest BCUT2D eigenvalue weighted by Crippen LogP contribution is 2.38. The minimum atomic E-state index is -0.426. The maximum atomic E-state index is 12.5. The molecule has 0 saturated carbocycles. The summed E-state index contributed by atoms with van der Waals surface area (Å²) < 4.78 is 26.5. The van der Waals surface area contributed by atoms with Gasteiger partial charge in [0, 0.05) is 18.7 Å². The van der Waals surface area contributed by atoms with Crippen molar-refractivity contribution in [3.05, 3.63) is 53.6 Å². The summed E-state index contributed by atoms with van der Waals surface area (Å²) in [5.74, 6) is 1.66. The summed E-state index contributed by atoms with van der Waals surface area (Å²) in [5.41, 5.74) is 1.19. The van der Waals surface area contributed by atoms with E-state index in [0.29, 0.717) is 54.9 Å². The Morgan fingerprint density at radius 1 is 0.935 bits per heavy atom. The third kappa shape index (κ3) is 5.55. The van der Waals surface area contributed by atoms with E-state index in [1.54, 1.807) is 47.4 Å². The Morgan fingerprint density at radius 2 is 1.55 bits per heavy atom. The number of rotatable bonds is 7. The van der Waals surface area contributed by atoms with Crippen LogP contribution in [0.3, 0.4) is 0 Å². The third-order valence-electron chi connectivity index (χ3n) is 4.73. The van der Waals surface area contributed by atoms with Crippen LogP contribution in [0.5, 0.6) is 23.0 Å². The number of benzene rings is 2. The number of carbonyl (C=O) groups excluding carboxylic acids is 2. The van der Waals surface area contributed by atoms with Crippen molar-refractivity contribution in [1.82, 2.24) is 4.90 Å². The predicted molar refractivity (Wildman–Crippen MR) is 114 cm³/mol. The number of morpholine rings is 1. The summed E-state index contributed by atoms with van der Waals surface area (Å²) in [7, 11) is 4.59. The van der Waals surface area contributed by atoms with Gasteiger partial charge in [-0.25, -0.2) is 4.79 Å². The van der Waals surface area contributed by atoms with Crippen molar-refractivity contribution in [1.29, 1.82) is 0 Å². The van der Waals surface area contributed by atoms with E-state index in [0.717, 1.165) is 5.56 Å². The van der Waals surface area contributed by atoms with E-state index in [1.165, 1.54) is 27.4 Å². The number of amides is 1. The Kier molecular flexibility index (Phi) is 7.50. The summed E-state index contributed by atoms with van der Waals surface area (Å²) in [4.78, 5) is 26.2. The molecule has 31 heavy (non-hydrogen) atoms. The van der Waals surface area contributed by atoms with E-state index in [-0.39, 0.29) is 5.78 Å². The minimum Gasteiger partial charge on any atom is -0.493 e. The Labute approximate surface area is 180 Å². The standard InChI is InChI=1S/C23H25NO7/c1-27-20-14-16(15-21(28-2)22(20)29-3)4-9-19(25)17-5-7-18(8-6-17)31-23(26)24-10-12-30-13-11-24/h4-9,14-15H,10-13H2,1-3H3/b9-4+. The molecule has 0 aromatic heterocycles. The van der Waals surface area contributed by atoms with Gasteiger partial charge in [-0.2, -0.15) is 0 Å². The van der Waals surface area contributed by atoms with E-state index in [4.69, 9.17) is 23.7 Å². The second-order valence-corrected chi connectivity index (χ2v) is 6.65. The molecule has 1 amide bonds. The topological polar surface area (TPSA) is 83.5 Å². The van der Waals surface area contributed by atoms with Gasteiger partial charge in [-0.3, -0.25) is 4.79 Å². The normalized spacial score (nSPS) is 13.7. The molecule has 0 N–H and O–H groups in total. The summed E-state index contributed by atoms with van der Waals surface area (Å²) >= 11 is 0. The van der Waals surface area contributed by atoms with Gasteiger partial charge < -0.3 is 28.6 Å². The molecule has 8 nitrogen and oxygen atoms in total. The molecule has 0 radical (unpaired) electrons. The lowest BCUT2D eigenvalue weighted by Crippen LogP contribution is -2.42. The number of ether oxygens (including phenoxy) is 5. The molecule has 0 unspecified atom stereocenters. The molecule has 1 fully saturated rings. The zero-order chi connectivity index (χ0) is 22.2.